The van der Waals surface area contributed by atoms with Gasteiger partial charge in [0.25, 0.3) is 0 Å². The van der Waals surface area contributed by atoms with Gasteiger partial charge in [0.1, 0.15) is 5.75 Å². The van der Waals surface area contributed by atoms with E-state index in [1.54, 1.807) is 6.92 Å². The van der Waals surface area contributed by atoms with Crippen molar-refractivity contribution in [3.63, 3.8) is 0 Å². The van der Waals surface area contributed by atoms with Crippen LogP contribution in [-0.4, -0.2) is 5.97 Å². The van der Waals surface area contributed by atoms with Crippen LogP contribution in [0.1, 0.15) is 63.9 Å². The summed E-state index contributed by atoms with van der Waals surface area (Å²) in [6.07, 6.45) is 7.13. The summed E-state index contributed by atoms with van der Waals surface area (Å²) in [6, 6.07) is 16.8. The molecule has 2 aromatic rings. The molecule has 1 aliphatic carbocycles. The number of benzene rings is 2. The van der Waals surface area contributed by atoms with Gasteiger partial charge in [-0.25, -0.2) is 0 Å². The van der Waals surface area contributed by atoms with E-state index in [1.165, 1.54) is 43.2 Å². The second-order valence-corrected chi connectivity index (χ2v) is 7.10. The van der Waals surface area contributed by atoms with Crippen molar-refractivity contribution in [2.24, 2.45) is 5.92 Å². The number of carbonyl (C=O) groups is 1. The fourth-order valence-electron chi connectivity index (χ4n) is 3.77. The van der Waals surface area contributed by atoms with Crippen molar-refractivity contribution in [3.05, 3.63) is 54.1 Å². The van der Waals surface area contributed by atoms with Gasteiger partial charge in [0.15, 0.2) is 0 Å². The molecule has 0 N–H and O–H groups in total. The summed E-state index contributed by atoms with van der Waals surface area (Å²) in [5.41, 5.74) is 3.84. The second kappa shape index (κ2) is 8.33. The fourth-order valence-corrected chi connectivity index (χ4v) is 3.77. The number of esters is 1. The second-order valence-electron chi connectivity index (χ2n) is 7.10. The van der Waals surface area contributed by atoms with Crippen LogP contribution >= 0.6 is 0 Å². The molecule has 0 atom stereocenters. The van der Waals surface area contributed by atoms with E-state index in [2.05, 4.69) is 31.2 Å². The van der Waals surface area contributed by atoms with Crippen LogP contribution in [0.4, 0.5) is 0 Å². The molecule has 0 unspecified atom stereocenters. The minimum absolute atomic E-state index is 0.199. The third-order valence-corrected chi connectivity index (χ3v) is 5.51. The zero-order chi connectivity index (χ0) is 17.6. The SMILES string of the molecule is CCC(=O)Oc1ccc(-c2ccc(C3CCC(CC)CC3)cc2)cc1. The summed E-state index contributed by atoms with van der Waals surface area (Å²) in [7, 11) is 0. The lowest BCUT2D eigenvalue weighted by atomic mass is 9.77. The maximum absolute atomic E-state index is 11.3. The van der Waals surface area contributed by atoms with Gasteiger partial charge >= 0.3 is 5.97 Å². The van der Waals surface area contributed by atoms with Crippen molar-refractivity contribution >= 4 is 5.97 Å². The Labute approximate surface area is 151 Å². The quantitative estimate of drug-likeness (QED) is 0.469. The Morgan fingerprint density at radius 3 is 1.96 bits per heavy atom. The van der Waals surface area contributed by atoms with Crippen molar-refractivity contribution < 1.29 is 9.53 Å². The van der Waals surface area contributed by atoms with Gasteiger partial charge in [-0.15, -0.1) is 0 Å². The zero-order valence-corrected chi connectivity index (χ0v) is 15.3. The first-order valence-corrected chi connectivity index (χ1v) is 9.60. The largest absolute Gasteiger partial charge is 0.427 e. The van der Waals surface area contributed by atoms with E-state index in [0.29, 0.717) is 12.2 Å². The molecule has 2 nitrogen and oxygen atoms in total. The first kappa shape index (κ1) is 17.7. The molecule has 0 heterocycles. The molecule has 0 aromatic heterocycles. The molecule has 3 rings (SSSR count). The van der Waals surface area contributed by atoms with Gasteiger partial charge in [-0.05, 0) is 66.3 Å². The first-order valence-electron chi connectivity index (χ1n) is 9.60. The van der Waals surface area contributed by atoms with Crippen LogP contribution in [0.3, 0.4) is 0 Å². The minimum Gasteiger partial charge on any atom is -0.427 e. The van der Waals surface area contributed by atoms with Crippen LogP contribution < -0.4 is 4.74 Å². The van der Waals surface area contributed by atoms with E-state index < -0.39 is 0 Å². The Kier molecular flexibility index (Phi) is 5.91. The maximum atomic E-state index is 11.3. The molecule has 0 radical (unpaired) electrons. The van der Waals surface area contributed by atoms with E-state index in [-0.39, 0.29) is 5.97 Å². The lowest BCUT2D eigenvalue weighted by Gasteiger charge is -2.28. The highest BCUT2D eigenvalue weighted by atomic mass is 16.5. The van der Waals surface area contributed by atoms with Crippen LogP contribution in [-0.2, 0) is 4.79 Å². The molecule has 0 amide bonds. The predicted molar refractivity (Wildman–Crippen MR) is 103 cm³/mol. The Morgan fingerprint density at radius 2 is 1.44 bits per heavy atom. The maximum Gasteiger partial charge on any atom is 0.310 e. The Hall–Kier alpha value is -2.09. The summed E-state index contributed by atoms with van der Waals surface area (Å²) in [6.45, 7) is 4.11. The van der Waals surface area contributed by atoms with Gasteiger partial charge in [0, 0.05) is 6.42 Å². The molecule has 0 bridgehead atoms. The van der Waals surface area contributed by atoms with E-state index in [1.807, 2.05) is 24.3 Å². The third-order valence-electron chi connectivity index (χ3n) is 5.51. The van der Waals surface area contributed by atoms with Crippen molar-refractivity contribution in [2.45, 2.75) is 58.3 Å². The molecule has 1 saturated carbocycles. The van der Waals surface area contributed by atoms with Gasteiger partial charge in [-0.2, -0.15) is 0 Å². The molecular formula is C23H28O2. The average molecular weight is 336 g/mol. The molecule has 0 spiro atoms. The van der Waals surface area contributed by atoms with Gasteiger partial charge < -0.3 is 4.74 Å². The van der Waals surface area contributed by atoms with Crippen LogP contribution in [0.15, 0.2) is 48.5 Å². The standard InChI is InChI=1S/C23H28O2/c1-3-17-5-7-18(8-6-17)19-9-11-20(12-10-19)21-13-15-22(16-14-21)25-23(24)4-2/h9-18H,3-8H2,1-2H3. The lowest BCUT2D eigenvalue weighted by molar-refractivity contribution is -0.134. The average Bonchev–Trinajstić information content (AvgIpc) is 2.69. The van der Waals surface area contributed by atoms with Crippen LogP contribution in [0.2, 0.25) is 0 Å². The number of carbonyl (C=O) groups excluding carboxylic acids is 1. The monoisotopic (exact) mass is 336 g/mol. The molecule has 0 aliphatic heterocycles. The van der Waals surface area contributed by atoms with Crippen molar-refractivity contribution in [3.8, 4) is 16.9 Å². The highest BCUT2D eigenvalue weighted by Gasteiger charge is 2.21. The summed E-state index contributed by atoms with van der Waals surface area (Å²) in [5.74, 6) is 2.08. The molecule has 0 saturated heterocycles. The topological polar surface area (TPSA) is 26.3 Å². The number of ether oxygens (including phenoxy) is 1. The van der Waals surface area contributed by atoms with Crippen molar-refractivity contribution in [1.82, 2.24) is 0 Å². The molecule has 1 fully saturated rings. The summed E-state index contributed by atoms with van der Waals surface area (Å²) >= 11 is 0. The van der Waals surface area contributed by atoms with Gasteiger partial charge in [-0.3, -0.25) is 4.79 Å². The minimum atomic E-state index is -0.199. The summed E-state index contributed by atoms with van der Waals surface area (Å²) in [5, 5.41) is 0. The lowest BCUT2D eigenvalue weighted by Crippen LogP contribution is -2.12. The first-order chi connectivity index (χ1) is 12.2. The summed E-state index contributed by atoms with van der Waals surface area (Å²) in [4.78, 5) is 11.3. The zero-order valence-electron chi connectivity index (χ0n) is 15.3. The van der Waals surface area contributed by atoms with E-state index in [9.17, 15) is 4.79 Å². The third kappa shape index (κ3) is 4.50. The van der Waals surface area contributed by atoms with Crippen molar-refractivity contribution in [1.29, 1.82) is 0 Å². The number of rotatable bonds is 5. The molecule has 2 heteroatoms. The molecule has 25 heavy (non-hydrogen) atoms. The van der Waals surface area contributed by atoms with E-state index in [0.717, 1.165) is 17.4 Å². The normalized spacial score (nSPS) is 20.2. The smallest absolute Gasteiger partial charge is 0.310 e. The van der Waals surface area contributed by atoms with Gasteiger partial charge in [-0.1, -0.05) is 56.7 Å². The molecular weight excluding hydrogens is 308 g/mol. The number of hydrogen-bond donors (Lipinski definition) is 0. The van der Waals surface area contributed by atoms with Crippen LogP contribution in [0.25, 0.3) is 11.1 Å². The number of hydrogen-bond acceptors (Lipinski definition) is 2. The Morgan fingerprint density at radius 1 is 0.880 bits per heavy atom. The highest BCUT2D eigenvalue weighted by Crippen LogP contribution is 2.37. The van der Waals surface area contributed by atoms with Gasteiger partial charge in [0.2, 0.25) is 0 Å². The molecule has 132 valence electrons. The van der Waals surface area contributed by atoms with Crippen molar-refractivity contribution in [2.75, 3.05) is 0 Å². The molecule has 2 aromatic carbocycles. The summed E-state index contributed by atoms with van der Waals surface area (Å²) < 4.78 is 5.23. The molecule has 1 aliphatic rings. The van der Waals surface area contributed by atoms with E-state index >= 15 is 0 Å². The van der Waals surface area contributed by atoms with Gasteiger partial charge in [0.05, 0.1) is 0 Å². The fraction of sp³-hybridized carbons (Fsp3) is 0.435. The van der Waals surface area contributed by atoms with Crippen LogP contribution in [0.5, 0.6) is 5.75 Å². The highest BCUT2D eigenvalue weighted by molar-refractivity contribution is 5.72. The predicted octanol–water partition coefficient (Wildman–Crippen LogP) is 6.35. The Bertz CT molecular complexity index is 677. The Balaban J connectivity index is 1.65. The van der Waals surface area contributed by atoms with Crippen LogP contribution in [0, 0.1) is 5.92 Å². The van der Waals surface area contributed by atoms with E-state index in [4.69, 9.17) is 4.74 Å².